The molecule has 8 heteroatoms. The van der Waals surface area contributed by atoms with Crippen molar-refractivity contribution in [1.29, 1.82) is 0 Å². The average Bonchev–Trinajstić information content (AvgIpc) is 3.38. The van der Waals surface area contributed by atoms with Crippen molar-refractivity contribution in [1.82, 2.24) is 0 Å². The van der Waals surface area contributed by atoms with E-state index < -0.39 is 23.5 Å². The van der Waals surface area contributed by atoms with Crippen LogP contribution in [0, 0.1) is 0 Å². The molecule has 0 atom stereocenters. The van der Waals surface area contributed by atoms with Gasteiger partial charge in [0.1, 0.15) is 0 Å². The summed E-state index contributed by atoms with van der Waals surface area (Å²) in [5.41, 5.74) is 1.77. The van der Waals surface area contributed by atoms with E-state index >= 15 is 0 Å². The Hall–Kier alpha value is -3.36. The van der Waals surface area contributed by atoms with Crippen LogP contribution in [0.1, 0.15) is 11.1 Å². The van der Waals surface area contributed by atoms with Crippen LogP contribution < -0.4 is 0 Å². The van der Waals surface area contributed by atoms with Gasteiger partial charge in [0.2, 0.25) is 0 Å². The van der Waals surface area contributed by atoms with Gasteiger partial charge in [-0.25, -0.2) is 0 Å². The van der Waals surface area contributed by atoms with Crippen molar-refractivity contribution in [3.63, 3.8) is 0 Å². The van der Waals surface area contributed by atoms with Crippen molar-refractivity contribution in [2.75, 3.05) is 0 Å². The molecule has 0 saturated carbocycles. The summed E-state index contributed by atoms with van der Waals surface area (Å²) in [7, 11) is 0. The maximum Gasteiger partial charge on any atom is 0.416 e. The van der Waals surface area contributed by atoms with E-state index in [0.717, 1.165) is 65.0 Å². The Balaban J connectivity index is 1.37. The van der Waals surface area contributed by atoms with Crippen LogP contribution in [0.4, 0.5) is 26.3 Å². The SMILES string of the molecule is FC(F)(F)c1ccc(-c2ccc3c(c2)sc2c4ccc(-c5ccc(C(F)(F)F)cc5)cc4sc32)cc1. The maximum atomic E-state index is 12.9. The van der Waals surface area contributed by atoms with Gasteiger partial charge in [-0.2, -0.15) is 26.3 Å². The fourth-order valence-electron chi connectivity index (χ4n) is 4.32. The van der Waals surface area contributed by atoms with Gasteiger partial charge >= 0.3 is 12.4 Å². The number of alkyl halides is 6. The van der Waals surface area contributed by atoms with Crippen LogP contribution in [-0.2, 0) is 12.4 Å². The number of benzene rings is 4. The van der Waals surface area contributed by atoms with Crippen LogP contribution in [-0.4, -0.2) is 0 Å². The van der Waals surface area contributed by atoms with Crippen LogP contribution in [0.2, 0.25) is 0 Å². The molecule has 2 heterocycles. The lowest BCUT2D eigenvalue weighted by Crippen LogP contribution is -2.03. The molecule has 0 radical (unpaired) electrons. The predicted molar refractivity (Wildman–Crippen MR) is 136 cm³/mol. The van der Waals surface area contributed by atoms with E-state index in [1.54, 1.807) is 22.7 Å². The summed E-state index contributed by atoms with van der Waals surface area (Å²) in [6, 6.07) is 22.1. The van der Waals surface area contributed by atoms with E-state index in [0.29, 0.717) is 11.1 Å². The molecule has 6 aromatic rings. The summed E-state index contributed by atoms with van der Waals surface area (Å²) in [5, 5.41) is 2.14. The number of halogens is 6. The topological polar surface area (TPSA) is 0 Å². The third-order valence-electron chi connectivity index (χ3n) is 6.17. The van der Waals surface area contributed by atoms with E-state index in [4.69, 9.17) is 0 Å². The van der Waals surface area contributed by atoms with E-state index in [1.165, 1.54) is 24.3 Å². The summed E-state index contributed by atoms with van der Waals surface area (Å²) in [5.74, 6) is 0. The van der Waals surface area contributed by atoms with Crippen LogP contribution in [0.5, 0.6) is 0 Å². The molecule has 0 amide bonds. The minimum absolute atomic E-state index is 0.675. The fraction of sp³-hybridized carbons (Fsp3) is 0.0714. The number of fused-ring (bicyclic) bond motifs is 5. The van der Waals surface area contributed by atoms with Crippen LogP contribution in [0.25, 0.3) is 51.8 Å². The summed E-state index contributed by atoms with van der Waals surface area (Å²) >= 11 is 3.25. The van der Waals surface area contributed by atoms with Crippen molar-refractivity contribution in [2.45, 2.75) is 12.4 Å². The molecule has 0 aliphatic carbocycles. The lowest BCUT2D eigenvalue weighted by Gasteiger charge is -2.08. The van der Waals surface area contributed by atoms with Crippen molar-refractivity contribution < 1.29 is 26.3 Å². The summed E-state index contributed by atoms with van der Waals surface area (Å²) in [6.45, 7) is 0. The quantitative estimate of drug-likeness (QED) is 0.196. The minimum Gasteiger partial charge on any atom is -0.166 e. The molecule has 0 N–H and O–H groups in total. The molecule has 0 bridgehead atoms. The molecule has 2 aromatic heterocycles. The molecule has 0 nitrogen and oxygen atoms in total. The Bertz CT molecular complexity index is 1600. The van der Waals surface area contributed by atoms with Crippen molar-refractivity contribution in [2.24, 2.45) is 0 Å². The maximum absolute atomic E-state index is 12.9. The minimum atomic E-state index is -4.37. The highest BCUT2D eigenvalue weighted by molar-refractivity contribution is 7.36. The number of hydrogen-bond acceptors (Lipinski definition) is 2. The summed E-state index contributed by atoms with van der Waals surface area (Å²) in [6.07, 6.45) is -8.73. The number of hydrogen-bond donors (Lipinski definition) is 0. The summed E-state index contributed by atoms with van der Waals surface area (Å²) in [4.78, 5) is 0. The van der Waals surface area contributed by atoms with Gasteiger partial charge in [-0.1, -0.05) is 48.5 Å². The van der Waals surface area contributed by atoms with Gasteiger partial charge in [-0.15, -0.1) is 22.7 Å². The first-order valence-electron chi connectivity index (χ1n) is 10.8. The molecule has 36 heavy (non-hydrogen) atoms. The van der Waals surface area contributed by atoms with Gasteiger partial charge in [0, 0.05) is 20.2 Å². The Morgan fingerprint density at radius 1 is 0.417 bits per heavy atom. The molecular weight excluding hydrogens is 514 g/mol. The first-order valence-corrected chi connectivity index (χ1v) is 12.5. The second-order valence-corrected chi connectivity index (χ2v) is 10.5. The highest BCUT2D eigenvalue weighted by Gasteiger charge is 2.30. The Morgan fingerprint density at radius 2 is 0.750 bits per heavy atom. The Kier molecular flexibility index (Phi) is 5.18. The standard InChI is InChI=1S/C28H14F6S2/c29-27(30,31)19-7-1-15(2-8-19)17-5-11-21-23(13-17)35-26-22-12-6-18(14-24(22)36-25(21)26)16-3-9-20(10-4-16)28(32,33)34/h1-14H. The third kappa shape index (κ3) is 3.94. The summed E-state index contributed by atoms with van der Waals surface area (Å²) < 4.78 is 81.6. The second-order valence-electron chi connectivity index (χ2n) is 8.43. The first kappa shape index (κ1) is 23.1. The van der Waals surface area contributed by atoms with Crippen LogP contribution in [0.15, 0.2) is 84.9 Å². The first-order chi connectivity index (χ1) is 17.1. The largest absolute Gasteiger partial charge is 0.416 e. The highest BCUT2D eigenvalue weighted by Crippen LogP contribution is 2.46. The normalized spacial score (nSPS) is 12.7. The van der Waals surface area contributed by atoms with Gasteiger partial charge in [-0.3, -0.25) is 0 Å². The lowest BCUT2D eigenvalue weighted by atomic mass is 10.0. The molecule has 180 valence electrons. The van der Waals surface area contributed by atoms with Gasteiger partial charge in [0.05, 0.1) is 20.5 Å². The van der Waals surface area contributed by atoms with Crippen molar-refractivity contribution in [3.05, 3.63) is 96.1 Å². The monoisotopic (exact) mass is 528 g/mol. The van der Waals surface area contributed by atoms with E-state index in [2.05, 4.69) is 0 Å². The van der Waals surface area contributed by atoms with Gasteiger partial charge in [-0.05, 0) is 58.7 Å². The van der Waals surface area contributed by atoms with Crippen LogP contribution in [0.3, 0.4) is 0 Å². The van der Waals surface area contributed by atoms with E-state index in [9.17, 15) is 26.3 Å². The van der Waals surface area contributed by atoms with E-state index in [1.807, 2.05) is 36.4 Å². The zero-order valence-electron chi connectivity index (χ0n) is 18.2. The molecule has 6 rings (SSSR count). The van der Waals surface area contributed by atoms with Crippen LogP contribution >= 0.6 is 22.7 Å². The number of thiophene rings is 2. The van der Waals surface area contributed by atoms with Gasteiger partial charge in [0.25, 0.3) is 0 Å². The molecule has 0 spiro atoms. The average molecular weight is 529 g/mol. The van der Waals surface area contributed by atoms with Crippen molar-refractivity contribution in [3.8, 4) is 22.3 Å². The Labute approximate surface area is 209 Å². The van der Waals surface area contributed by atoms with Gasteiger partial charge in [0.15, 0.2) is 0 Å². The molecule has 4 aromatic carbocycles. The zero-order valence-corrected chi connectivity index (χ0v) is 19.8. The Morgan fingerprint density at radius 3 is 1.08 bits per heavy atom. The number of rotatable bonds is 2. The van der Waals surface area contributed by atoms with E-state index in [-0.39, 0.29) is 0 Å². The molecule has 0 aliphatic rings. The molecule has 0 saturated heterocycles. The second kappa shape index (κ2) is 8.08. The smallest absolute Gasteiger partial charge is 0.166 e. The predicted octanol–water partition coefficient (Wildman–Crippen LogP) is 10.6. The molecular formula is C28H14F6S2. The molecule has 0 fully saturated rings. The lowest BCUT2D eigenvalue weighted by molar-refractivity contribution is -0.138. The third-order valence-corrected chi connectivity index (χ3v) is 8.67. The fourth-order valence-corrected chi connectivity index (χ4v) is 7.05. The molecule has 0 unspecified atom stereocenters. The van der Waals surface area contributed by atoms with Crippen molar-refractivity contribution >= 4 is 52.2 Å². The highest BCUT2D eigenvalue weighted by atomic mass is 32.1. The molecule has 0 aliphatic heterocycles. The van der Waals surface area contributed by atoms with Gasteiger partial charge < -0.3 is 0 Å². The zero-order chi connectivity index (χ0) is 25.2.